The third kappa shape index (κ3) is 3.73. The van der Waals surface area contributed by atoms with Crippen molar-refractivity contribution in [3.8, 4) is 5.75 Å². The van der Waals surface area contributed by atoms with Crippen LogP contribution in [0.2, 0.25) is 5.02 Å². The van der Waals surface area contributed by atoms with E-state index in [4.69, 9.17) is 16.3 Å². The van der Waals surface area contributed by atoms with Gasteiger partial charge in [0, 0.05) is 16.7 Å². The summed E-state index contributed by atoms with van der Waals surface area (Å²) in [5, 5.41) is 0.389. The minimum atomic E-state index is -0.782. The molecule has 0 heterocycles. The van der Waals surface area contributed by atoms with E-state index in [0.29, 0.717) is 5.02 Å². The second-order valence-electron chi connectivity index (χ2n) is 4.26. The van der Waals surface area contributed by atoms with Gasteiger partial charge in [-0.25, -0.2) is 4.39 Å². The number of hydrogen-bond acceptors (Lipinski definition) is 3. The standard InChI is InChI=1S/C15H12ClFN2O3/c1-22-11-5-6-12(13(17)8-11)15(21)19-18-14(20)9-3-2-4-10(16)7-9/h2-8H,1H3,(H,18,20)(H,19,21). The molecule has 114 valence electrons. The molecule has 0 unspecified atom stereocenters. The molecule has 22 heavy (non-hydrogen) atoms. The van der Waals surface area contributed by atoms with Crippen molar-refractivity contribution in [1.29, 1.82) is 0 Å². The maximum atomic E-state index is 13.7. The smallest absolute Gasteiger partial charge is 0.272 e. The van der Waals surface area contributed by atoms with E-state index in [-0.39, 0.29) is 16.9 Å². The van der Waals surface area contributed by atoms with Crippen LogP contribution in [0.25, 0.3) is 0 Å². The molecule has 0 atom stereocenters. The van der Waals surface area contributed by atoms with Crippen molar-refractivity contribution in [2.75, 3.05) is 7.11 Å². The van der Waals surface area contributed by atoms with Crippen molar-refractivity contribution in [3.05, 3.63) is 64.4 Å². The third-order valence-electron chi connectivity index (χ3n) is 2.80. The molecule has 2 rings (SSSR count). The van der Waals surface area contributed by atoms with Crippen LogP contribution in [0.4, 0.5) is 4.39 Å². The minimum absolute atomic E-state index is 0.216. The van der Waals surface area contributed by atoms with Gasteiger partial charge in [-0.1, -0.05) is 17.7 Å². The average Bonchev–Trinajstić information content (AvgIpc) is 2.52. The molecule has 2 amide bonds. The van der Waals surface area contributed by atoms with Crippen molar-refractivity contribution in [1.82, 2.24) is 10.9 Å². The number of benzene rings is 2. The number of carbonyl (C=O) groups excluding carboxylic acids is 2. The fraction of sp³-hybridized carbons (Fsp3) is 0.0667. The Labute approximate surface area is 131 Å². The van der Waals surface area contributed by atoms with E-state index in [1.807, 2.05) is 0 Å². The summed E-state index contributed by atoms with van der Waals surface area (Å²) in [6, 6.07) is 9.96. The predicted molar refractivity (Wildman–Crippen MR) is 79.3 cm³/mol. The predicted octanol–water partition coefficient (Wildman–Crippen LogP) is 2.56. The molecule has 2 aromatic rings. The monoisotopic (exact) mass is 322 g/mol. The molecule has 0 radical (unpaired) electrons. The fourth-order valence-electron chi connectivity index (χ4n) is 1.69. The number of nitrogens with one attached hydrogen (secondary N) is 2. The second kappa shape index (κ2) is 6.91. The number of methoxy groups -OCH3 is 1. The topological polar surface area (TPSA) is 67.4 Å². The molecule has 0 aliphatic heterocycles. The summed E-state index contributed by atoms with van der Waals surface area (Å²) >= 11 is 5.77. The van der Waals surface area contributed by atoms with E-state index in [0.717, 1.165) is 6.07 Å². The molecule has 2 N–H and O–H groups in total. The first-order valence-electron chi connectivity index (χ1n) is 6.21. The number of hydrazine groups is 1. The van der Waals surface area contributed by atoms with Gasteiger partial charge < -0.3 is 4.74 Å². The Balaban J connectivity index is 2.02. The second-order valence-corrected chi connectivity index (χ2v) is 4.70. The van der Waals surface area contributed by atoms with E-state index >= 15 is 0 Å². The van der Waals surface area contributed by atoms with Gasteiger partial charge in [-0.3, -0.25) is 20.4 Å². The zero-order valence-electron chi connectivity index (χ0n) is 11.5. The lowest BCUT2D eigenvalue weighted by Gasteiger charge is -2.09. The van der Waals surface area contributed by atoms with Crippen LogP contribution in [0.3, 0.4) is 0 Å². The van der Waals surface area contributed by atoms with Gasteiger partial charge in [0.15, 0.2) is 0 Å². The van der Waals surface area contributed by atoms with Gasteiger partial charge in [-0.05, 0) is 30.3 Å². The van der Waals surface area contributed by atoms with Gasteiger partial charge in [0.25, 0.3) is 11.8 Å². The molecular formula is C15H12ClFN2O3. The van der Waals surface area contributed by atoms with Crippen molar-refractivity contribution in [2.24, 2.45) is 0 Å². The van der Waals surface area contributed by atoms with Gasteiger partial charge in [0.2, 0.25) is 0 Å². The van der Waals surface area contributed by atoms with Gasteiger partial charge >= 0.3 is 0 Å². The third-order valence-corrected chi connectivity index (χ3v) is 3.03. The summed E-state index contributed by atoms with van der Waals surface area (Å²) in [5.74, 6) is -1.81. The summed E-state index contributed by atoms with van der Waals surface area (Å²) in [4.78, 5) is 23.7. The van der Waals surface area contributed by atoms with Crippen LogP contribution in [0.15, 0.2) is 42.5 Å². The maximum absolute atomic E-state index is 13.7. The maximum Gasteiger partial charge on any atom is 0.272 e. The van der Waals surface area contributed by atoms with Crippen LogP contribution in [0, 0.1) is 5.82 Å². The number of amides is 2. The number of rotatable bonds is 3. The van der Waals surface area contributed by atoms with Gasteiger partial charge in [0.1, 0.15) is 11.6 Å². The van der Waals surface area contributed by atoms with Crippen molar-refractivity contribution < 1.29 is 18.7 Å². The molecular weight excluding hydrogens is 311 g/mol. The Bertz CT molecular complexity index is 722. The first kappa shape index (κ1) is 15.8. The summed E-state index contributed by atoms with van der Waals surface area (Å²) < 4.78 is 18.6. The minimum Gasteiger partial charge on any atom is -0.497 e. The molecule has 0 aliphatic rings. The fourth-order valence-corrected chi connectivity index (χ4v) is 1.88. The number of hydrogen-bond donors (Lipinski definition) is 2. The van der Waals surface area contributed by atoms with Crippen LogP contribution in [-0.4, -0.2) is 18.9 Å². The molecule has 0 fully saturated rings. The van der Waals surface area contributed by atoms with E-state index in [1.54, 1.807) is 12.1 Å². The SMILES string of the molecule is COc1ccc(C(=O)NNC(=O)c2cccc(Cl)c2)c(F)c1. The highest BCUT2D eigenvalue weighted by Gasteiger charge is 2.14. The molecule has 0 saturated heterocycles. The lowest BCUT2D eigenvalue weighted by Crippen LogP contribution is -2.41. The summed E-state index contributed by atoms with van der Waals surface area (Å²) in [6.45, 7) is 0. The van der Waals surface area contributed by atoms with Crippen LogP contribution < -0.4 is 15.6 Å². The highest BCUT2D eigenvalue weighted by molar-refractivity contribution is 6.30. The largest absolute Gasteiger partial charge is 0.497 e. The lowest BCUT2D eigenvalue weighted by molar-refractivity contribution is 0.0844. The van der Waals surface area contributed by atoms with Crippen LogP contribution in [0.1, 0.15) is 20.7 Å². The van der Waals surface area contributed by atoms with E-state index in [1.165, 1.54) is 31.4 Å². The highest BCUT2D eigenvalue weighted by Crippen LogP contribution is 2.16. The summed E-state index contributed by atoms with van der Waals surface area (Å²) in [7, 11) is 1.39. The average molecular weight is 323 g/mol. The lowest BCUT2D eigenvalue weighted by atomic mass is 10.2. The van der Waals surface area contributed by atoms with Crippen LogP contribution in [0.5, 0.6) is 5.75 Å². The van der Waals surface area contributed by atoms with Crippen molar-refractivity contribution >= 4 is 23.4 Å². The molecule has 2 aromatic carbocycles. The molecule has 0 aromatic heterocycles. The van der Waals surface area contributed by atoms with Crippen molar-refractivity contribution in [2.45, 2.75) is 0 Å². The first-order valence-corrected chi connectivity index (χ1v) is 6.59. The molecule has 7 heteroatoms. The zero-order valence-corrected chi connectivity index (χ0v) is 12.3. The number of ether oxygens (including phenoxy) is 1. The molecule has 0 bridgehead atoms. The van der Waals surface area contributed by atoms with Crippen LogP contribution in [-0.2, 0) is 0 Å². The van der Waals surface area contributed by atoms with Gasteiger partial charge in [-0.2, -0.15) is 0 Å². The quantitative estimate of drug-likeness (QED) is 0.853. The van der Waals surface area contributed by atoms with E-state index in [9.17, 15) is 14.0 Å². The summed E-state index contributed by atoms with van der Waals surface area (Å²) in [5.41, 5.74) is 4.37. The number of carbonyl (C=O) groups is 2. The molecule has 5 nitrogen and oxygen atoms in total. The molecule has 0 spiro atoms. The Hall–Kier alpha value is -2.60. The zero-order chi connectivity index (χ0) is 16.1. The highest BCUT2D eigenvalue weighted by atomic mass is 35.5. The van der Waals surface area contributed by atoms with Gasteiger partial charge in [0.05, 0.1) is 12.7 Å². The normalized spacial score (nSPS) is 9.95. The Morgan fingerprint density at radius 2 is 1.82 bits per heavy atom. The van der Waals surface area contributed by atoms with E-state index in [2.05, 4.69) is 10.9 Å². The van der Waals surface area contributed by atoms with Crippen molar-refractivity contribution in [3.63, 3.8) is 0 Å². The number of halogens is 2. The molecule has 0 saturated carbocycles. The first-order chi connectivity index (χ1) is 10.5. The molecule has 0 aliphatic carbocycles. The Morgan fingerprint density at radius 1 is 1.09 bits per heavy atom. The Morgan fingerprint density at radius 3 is 2.45 bits per heavy atom. The summed E-state index contributed by atoms with van der Waals surface area (Å²) in [6.07, 6.45) is 0. The van der Waals surface area contributed by atoms with Gasteiger partial charge in [-0.15, -0.1) is 0 Å². The van der Waals surface area contributed by atoms with Crippen LogP contribution >= 0.6 is 11.6 Å². The van der Waals surface area contributed by atoms with E-state index < -0.39 is 17.6 Å². The Kier molecular flexibility index (Phi) is 4.95.